The minimum atomic E-state index is 0.834. The highest BCUT2D eigenvalue weighted by molar-refractivity contribution is 9.10. The molecule has 0 atom stereocenters. The Balaban J connectivity index is 2.52. The van der Waals surface area contributed by atoms with Crippen LogP contribution in [0.3, 0.4) is 0 Å². The van der Waals surface area contributed by atoms with Crippen molar-refractivity contribution in [2.45, 2.75) is 0 Å². The van der Waals surface area contributed by atoms with Crippen LogP contribution in [0.1, 0.15) is 0 Å². The fourth-order valence-corrected chi connectivity index (χ4v) is 2.91. The van der Waals surface area contributed by atoms with E-state index >= 15 is 0 Å². The molecule has 84 valence electrons. The molecule has 2 nitrogen and oxygen atoms in total. The van der Waals surface area contributed by atoms with E-state index in [1.807, 2.05) is 23.6 Å². The van der Waals surface area contributed by atoms with Gasteiger partial charge in [-0.1, -0.05) is 0 Å². The lowest BCUT2D eigenvalue weighted by Gasteiger charge is -2.08. The molecule has 0 radical (unpaired) electrons. The van der Waals surface area contributed by atoms with Gasteiger partial charge in [-0.05, 0) is 40.2 Å². The quantitative estimate of drug-likeness (QED) is 0.846. The predicted octanol–water partition coefficient (Wildman–Crippen LogP) is 4.19. The van der Waals surface area contributed by atoms with Gasteiger partial charge in [0.05, 0.1) is 14.2 Å². The first-order valence-electron chi connectivity index (χ1n) is 4.71. The fourth-order valence-electron chi connectivity index (χ4n) is 1.46. The summed E-state index contributed by atoms with van der Waals surface area (Å²) in [4.78, 5) is 1.16. The van der Waals surface area contributed by atoms with Crippen molar-refractivity contribution in [1.82, 2.24) is 0 Å². The first-order chi connectivity index (χ1) is 7.74. The summed E-state index contributed by atoms with van der Waals surface area (Å²) in [6.45, 7) is 0. The molecule has 0 aliphatic carbocycles. The van der Waals surface area contributed by atoms with E-state index < -0.39 is 0 Å². The lowest BCUT2D eigenvalue weighted by Crippen LogP contribution is -1.88. The van der Waals surface area contributed by atoms with Crippen molar-refractivity contribution in [2.75, 3.05) is 14.2 Å². The second-order valence-electron chi connectivity index (χ2n) is 3.20. The van der Waals surface area contributed by atoms with Crippen molar-refractivity contribution in [2.24, 2.45) is 0 Å². The second kappa shape index (κ2) is 4.89. The number of hydrogen-bond donors (Lipinski definition) is 0. The van der Waals surface area contributed by atoms with Gasteiger partial charge in [-0.3, -0.25) is 0 Å². The summed E-state index contributed by atoms with van der Waals surface area (Å²) in [5.41, 5.74) is 1.05. The monoisotopic (exact) mass is 298 g/mol. The largest absolute Gasteiger partial charge is 0.497 e. The normalized spacial score (nSPS) is 10.2. The van der Waals surface area contributed by atoms with Gasteiger partial charge >= 0.3 is 0 Å². The minimum absolute atomic E-state index is 0.834. The van der Waals surface area contributed by atoms with Gasteiger partial charge < -0.3 is 9.47 Å². The molecule has 0 bridgehead atoms. The molecule has 1 aromatic heterocycles. The van der Waals surface area contributed by atoms with Crippen molar-refractivity contribution >= 4 is 27.3 Å². The maximum absolute atomic E-state index is 5.34. The number of hydrogen-bond acceptors (Lipinski definition) is 3. The smallest absolute Gasteiger partial charge is 0.127 e. The van der Waals surface area contributed by atoms with Crippen molar-refractivity contribution < 1.29 is 9.47 Å². The van der Waals surface area contributed by atoms with Gasteiger partial charge in [0.2, 0.25) is 0 Å². The summed E-state index contributed by atoms with van der Waals surface area (Å²) < 4.78 is 11.6. The van der Waals surface area contributed by atoms with Crippen LogP contribution in [0.5, 0.6) is 11.5 Å². The van der Waals surface area contributed by atoms with Gasteiger partial charge in [0.25, 0.3) is 0 Å². The first kappa shape index (κ1) is 11.5. The number of thiophene rings is 1. The first-order valence-corrected chi connectivity index (χ1v) is 6.38. The average Bonchev–Trinajstić information content (AvgIpc) is 2.75. The Labute approximate surface area is 107 Å². The molecule has 1 heterocycles. The summed E-state index contributed by atoms with van der Waals surface area (Å²) in [6.07, 6.45) is 0. The van der Waals surface area contributed by atoms with Gasteiger partial charge in [0, 0.05) is 20.3 Å². The summed E-state index contributed by atoms with van der Waals surface area (Å²) in [5.74, 6) is 1.69. The summed E-state index contributed by atoms with van der Waals surface area (Å²) in [7, 11) is 3.34. The predicted molar refractivity (Wildman–Crippen MR) is 70.6 cm³/mol. The summed E-state index contributed by atoms with van der Waals surface area (Å²) >= 11 is 5.12. The van der Waals surface area contributed by atoms with E-state index in [1.165, 1.54) is 0 Å². The van der Waals surface area contributed by atoms with E-state index in [4.69, 9.17) is 9.47 Å². The second-order valence-corrected chi connectivity index (χ2v) is 5.02. The van der Waals surface area contributed by atoms with Crippen molar-refractivity contribution in [1.29, 1.82) is 0 Å². The zero-order valence-corrected chi connectivity index (χ0v) is 11.4. The molecule has 0 saturated carbocycles. The number of methoxy groups -OCH3 is 2. The van der Waals surface area contributed by atoms with Crippen LogP contribution in [0.15, 0.2) is 34.1 Å². The molecule has 4 heteroatoms. The highest BCUT2D eigenvalue weighted by Crippen LogP contribution is 2.37. The molecule has 2 rings (SSSR count). The fraction of sp³-hybridized carbons (Fsp3) is 0.167. The summed E-state index contributed by atoms with van der Waals surface area (Å²) in [5, 5.41) is 2.05. The third kappa shape index (κ3) is 2.23. The molecular weight excluding hydrogens is 288 g/mol. The molecule has 1 aromatic carbocycles. The van der Waals surface area contributed by atoms with Crippen LogP contribution in [-0.4, -0.2) is 14.2 Å². The maximum Gasteiger partial charge on any atom is 0.127 e. The molecule has 0 N–H and O–H groups in total. The summed E-state index contributed by atoms with van der Waals surface area (Å²) in [6, 6.07) is 7.87. The van der Waals surface area contributed by atoms with Crippen molar-refractivity contribution in [3.63, 3.8) is 0 Å². The molecule has 16 heavy (non-hydrogen) atoms. The van der Waals surface area contributed by atoms with Crippen molar-refractivity contribution in [3.05, 3.63) is 34.1 Å². The standard InChI is InChI=1S/C12H11BrO2S/c1-14-9-3-4-11(15-2)10(6-9)12-5-8(13)7-16-12/h3-7H,1-2H3. The minimum Gasteiger partial charge on any atom is -0.497 e. The lowest BCUT2D eigenvalue weighted by molar-refractivity contribution is 0.404. The van der Waals surface area contributed by atoms with E-state index in [0.717, 1.165) is 26.4 Å². The Morgan fingerprint density at radius 2 is 1.94 bits per heavy atom. The molecule has 0 saturated heterocycles. The third-order valence-corrected chi connectivity index (χ3v) is 3.96. The van der Waals surface area contributed by atoms with Crippen LogP contribution in [0.25, 0.3) is 10.4 Å². The van der Waals surface area contributed by atoms with Gasteiger partial charge in [-0.2, -0.15) is 0 Å². The van der Waals surface area contributed by atoms with Crippen LogP contribution in [0.4, 0.5) is 0 Å². The van der Waals surface area contributed by atoms with Crippen LogP contribution in [0.2, 0.25) is 0 Å². The van der Waals surface area contributed by atoms with Crippen LogP contribution >= 0.6 is 27.3 Å². The molecule has 0 amide bonds. The van der Waals surface area contributed by atoms with Crippen LogP contribution in [-0.2, 0) is 0 Å². The molecule has 0 aliphatic heterocycles. The van der Waals surface area contributed by atoms with Gasteiger partial charge in [0.15, 0.2) is 0 Å². The number of rotatable bonds is 3. The topological polar surface area (TPSA) is 18.5 Å². The Hall–Kier alpha value is -1.000. The number of benzene rings is 1. The Morgan fingerprint density at radius 3 is 2.50 bits per heavy atom. The molecule has 0 spiro atoms. The highest BCUT2D eigenvalue weighted by Gasteiger charge is 2.09. The molecule has 0 fully saturated rings. The molecule has 0 aliphatic rings. The zero-order valence-electron chi connectivity index (χ0n) is 8.99. The average molecular weight is 299 g/mol. The van der Waals surface area contributed by atoms with E-state index in [0.29, 0.717) is 0 Å². The Morgan fingerprint density at radius 1 is 1.12 bits per heavy atom. The Kier molecular flexibility index (Phi) is 3.51. The zero-order chi connectivity index (χ0) is 11.5. The van der Waals surface area contributed by atoms with Gasteiger partial charge in [-0.25, -0.2) is 0 Å². The molecular formula is C12H11BrO2S. The van der Waals surface area contributed by atoms with E-state index in [-0.39, 0.29) is 0 Å². The lowest BCUT2D eigenvalue weighted by atomic mass is 10.1. The van der Waals surface area contributed by atoms with Crippen LogP contribution < -0.4 is 9.47 Å². The SMILES string of the molecule is COc1ccc(OC)c(-c2cc(Br)cs2)c1. The maximum atomic E-state index is 5.34. The van der Waals surface area contributed by atoms with Gasteiger partial charge in [0.1, 0.15) is 11.5 Å². The van der Waals surface area contributed by atoms with E-state index in [1.54, 1.807) is 25.6 Å². The van der Waals surface area contributed by atoms with Crippen molar-refractivity contribution in [3.8, 4) is 21.9 Å². The van der Waals surface area contributed by atoms with E-state index in [9.17, 15) is 0 Å². The highest BCUT2D eigenvalue weighted by atomic mass is 79.9. The number of ether oxygens (including phenoxy) is 2. The van der Waals surface area contributed by atoms with Crippen LogP contribution in [0, 0.1) is 0 Å². The molecule has 0 unspecified atom stereocenters. The number of halogens is 1. The van der Waals surface area contributed by atoms with Gasteiger partial charge in [-0.15, -0.1) is 11.3 Å². The molecule has 2 aromatic rings. The Bertz CT molecular complexity index is 494. The van der Waals surface area contributed by atoms with E-state index in [2.05, 4.69) is 22.0 Å². The third-order valence-electron chi connectivity index (χ3n) is 2.24.